The van der Waals surface area contributed by atoms with Crippen LogP contribution in [0.5, 0.6) is 5.75 Å². The molecule has 1 aromatic heterocycles. The summed E-state index contributed by atoms with van der Waals surface area (Å²) in [6.45, 7) is 0. The molecule has 1 aromatic carbocycles. The van der Waals surface area contributed by atoms with Crippen LogP contribution in [0, 0.1) is 0 Å². The Kier molecular flexibility index (Phi) is 4.32. The monoisotopic (exact) mass is 333 g/mol. The first kappa shape index (κ1) is 14.8. The third-order valence-corrected chi connectivity index (χ3v) is 4.10. The summed E-state index contributed by atoms with van der Waals surface area (Å²) in [4.78, 5) is 7.49. The van der Waals surface area contributed by atoms with Gasteiger partial charge in [-0.05, 0) is 12.1 Å². The first-order chi connectivity index (χ1) is 9.42. The third kappa shape index (κ3) is 3.30. The lowest BCUT2D eigenvalue weighted by molar-refractivity contribution is 0.403. The van der Waals surface area contributed by atoms with Crippen molar-refractivity contribution in [2.24, 2.45) is 0 Å². The maximum Gasteiger partial charge on any atom is 0.266 e. The van der Waals surface area contributed by atoms with Crippen molar-refractivity contribution in [3.63, 3.8) is 0 Å². The van der Waals surface area contributed by atoms with Crippen LogP contribution in [0.4, 0.5) is 5.82 Å². The predicted molar refractivity (Wildman–Crippen MR) is 75.9 cm³/mol. The lowest BCUT2D eigenvalue weighted by Gasteiger charge is -2.11. The van der Waals surface area contributed by atoms with Crippen LogP contribution in [0.3, 0.4) is 0 Å². The van der Waals surface area contributed by atoms with Crippen molar-refractivity contribution >= 4 is 39.0 Å². The van der Waals surface area contributed by atoms with Gasteiger partial charge in [0.2, 0.25) is 0 Å². The molecule has 20 heavy (non-hydrogen) atoms. The fourth-order valence-corrected chi connectivity index (χ4v) is 2.83. The van der Waals surface area contributed by atoms with Gasteiger partial charge in [0.15, 0.2) is 5.82 Å². The highest BCUT2D eigenvalue weighted by Gasteiger charge is 2.20. The van der Waals surface area contributed by atoms with Crippen molar-refractivity contribution in [2.75, 3.05) is 11.8 Å². The zero-order valence-corrected chi connectivity index (χ0v) is 12.5. The minimum Gasteiger partial charge on any atom is -0.495 e. The van der Waals surface area contributed by atoms with E-state index < -0.39 is 10.0 Å². The third-order valence-electron chi connectivity index (χ3n) is 2.27. The number of aromatic nitrogens is 2. The summed E-state index contributed by atoms with van der Waals surface area (Å²) in [7, 11) is -2.51. The van der Waals surface area contributed by atoms with Crippen LogP contribution in [-0.4, -0.2) is 25.5 Å². The molecule has 6 nitrogen and oxygen atoms in total. The van der Waals surface area contributed by atoms with Crippen molar-refractivity contribution in [2.45, 2.75) is 4.90 Å². The number of hydrogen-bond acceptors (Lipinski definition) is 5. The van der Waals surface area contributed by atoms with E-state index in [1.165, 1.54) is 37.7 Å². The SMILES string of the molecule is COc1cc(Cl)ccc1S(=O)(=O)Nc1cnc(Cl)cn1. The standard InChI is InChI=1S/C11H9Cl2N3O3S/c1-19-8-4-7(12)2-3-9(8)20(17,18)16-11-6-14-10(13)5-15-11/h2-6H,1H3,(H,15,16). The summed E-state index contributed by atoms with van der Waals surface area (Å²) in [5.74, 6) is 0.179. The smallest absolute Gasteiger partial charge is 0.266 e. The Bertz CT molecular complexity index is 720. The van der Waals surface area contributed by atoms with Gasteiger partial charge in [0, 0.05) is 11.1 Å². The van der Waals surface area contributed by atoms with Gasteiger partial charge in [-0.25, -0.2) is 18.4 Å². The fourth-order valence-electron chi connectivity index (χ4n) is 1.42. The molecule has 0 aliphatic heterocycles. The highest BCUT2D eigenvalue weighted by atomic mass is 35.5. The largest absolute Gasteiger partial charge is 0.495 e. The number of nitrogens with zero attached hydrogens (tertiary/aromatic N) is 2. The first-order valence-electron chi connectivity index (χ1n) is 5.26. The number of benzene rings is 1. The zero-order chi connectivity index (χ0) is 14.8. The molecule has 0 atom stereocenters. The average molecular weight is 334 g/mol. The summed E-state index contributed by atoms with van der Waals surface area (Å²) < 4.78 is 31.8. The molecule has 0 unspecified atom stereocenters. The number of ether oxygens (including phenoxy) is 1. The van der Waals surface area contributed by atoms with Crippen molar-refractivity contribution in [1.82, 2.24) is 9.97 Å². The lowest BCUT2D eigenvalue weighted by Crippen LogP contribution is -2.15. The molecule has 0 radical (unpaired) electrons. The van der Waals surface area contributed by atoms with E-state index in [0.29, 0.717) is 5.02 Å². The number of nitrogens with one attached hydrogen (secondary N) is 1. The molecule has 1 heterocycles. The van der Waals surface area contributed by atoms with Gasteiger partial charge in [0.1, 0.15) is 15.8 Å². The minimum atomic E-state index is -3.86. The van der Waals surface area contributed by atoms with Crippen molar-refractivity contribution in [3.8, 4) is 5.75 Å². The molecule has 0 spiro atoms. The topological polar surface area (TPSA) is 81.2 Å². The zero-order valence-electron chi connectivity index (χ0n) is 10.2. The maximum absolute atomic E-state index is 12.2. The van der Waals surface area contributed by atoms with Gasteiger partial charge in [-0.2, -0.15) is 0 Å². The Labute approximate surface area is 125 Å². The quantitative estimate of drug-likeness (QED) is 0.929. The second-order valence-electron chi connectivity index (χ2n) is 3.63. The Morgan fingerprint density at radius 2 is 1.95 bits per heavy atom. The summed E-state index contributed by atoms with van der Waals surface area (Å²) in [6, 6.07) is 4.20. The summed E-state index contributed by atoms with van der Waals surface area (Å²) in [5.41, 5.74) is 0. The van der Waals surface area contributed by atoms with Crippen LogP contribution in [0.25, 0.3) is 0 Å². The number of sulfonamides is 1. The van der Waals surface area contributed by atoms with Crippen LogP contribution >= 0.6 is 23.2 Å². The van der Waals surface area contributed by atoms with Gasteiger partial charge in [-0.1, -0.05) is 23.2 Å². The van der Waals surface area contributed by atoms with Gasteiger partial charge >= 0.3 is 0 Å². The molecule has 1 N–H and O–H groups in total. The molecule has 0 saturated heterocycles. The Balaban J connectivity index is 2.38. The second-order valence-corrected chi connectivity index (χ2v) is 6.10. The molecular formula is C11H9Cl2N3O3S. The summed E-state index contributed by atoms with van der Waals surface area (Å²) >= 11 is 11.4. The fraction of sp³-hybridized carbons (Fsp3) is 0.0909. The Morgan fingerprint density at radius 1 is 1.20 bits per heavy atom. The first-order valence-corrected chi connectivity index (χ1v) is 7.50. The highest BCUT2D eigenvalue weighted by molar-refractivity contribution is 7.92. The Hall–Kier alpha value is -1.57. The summed E-state index contributed by atoms with van der Waals surface area (Å²) in [6.07, 6.45) is 2.45. The predicted octanol–water partition coefficient (Wildman–Crippen LogP) is 2.59. The van der Waals surface area contributed by atoms with Crippen LogP contribution in [0.15, 0.2) is 35.5 Å². The lowest BCUT2D eigenvalue weighted by atomic mass is 10.3. The molecule has 0 fully saturated rings. The molecule has 9 heteroatoms. The van der Waals surface area contributed by atoms with Crippen molar-refractivity contribution < 1.29 is 13.2 Å². The van der Waals surface area contributed by atoms with E-state index in [1.807, 2.05) is 0 Å². The Morgan fingerprint density at radius 3 is 2.55 bits per heavy atom. The molecule has 0 bridgehead atoms. The van der Waals surface area contributed by atoms with Crippen molar-refractivity contribution in [3.05, 3.63) is 40.8 Å². The van der Waals surface area contributed by atoms with E-state index in [-0.39, 0.29) is 21.6 Å². The van der Waals surface area contributed by atoms with E-state index in [9.17, 15) is 8.42 Å². The normalized spacial score (nSPS) is 11.2. The number of anilines is 1. The van der Waals surface area contributed by atoms with Gasteiger partial charge < -0.3 is 4.74 Å². The van der Waals surface area contributed by atoms with E-state index >= 15 is 0 Å². The van der Waals surface area contributed by atoms with E-state index in [0.717, 1.165) is 0 Å². The van der Waals surface area contributed by atoms with Crippen LogP contribution < -0.4 is 9.46 Å². The molecule has 0 saturated carbocycles. The molecule has 0 aliphatic rings. The van der Waals surface area contributed by atoms with Crippen LogP contribution in [-0.2, 0) is 10.0 Å². The molecule has 0 amide bonds. The van der Waals surface area contributed by atoms with E-state index in [1.54, 1.807) is 0 Å². The maximum atomic E-state index is 12.2. The number of methoxy groups -OCH3 is 1. The van der Waals surface area contributed by atoms with Gasteiger partial charge in [-0.3, -0.25) is 4.72 Å². The molecule has 2 aromatic rings. The van der Waals surface area contributed by atoms with E-state index in [4.69, 9.17) is 27.9 Å². The van der Waals surface area contributed by atoms with Gasteiger partial charge in [-0.15, -0.1) is 0 Å². The molecule has 106 valence electrons. The number of halogens is 2. The second kappa shape index (κ2) is 5.82. The number of hydrogen-bond donors (Lipinski definition) is 1. The summed E-state index contributed by atoms with van der Waals surface area (Å²) in [5, 5.41) is 0.532. The van der Waals surface area contributed by atoms with Crippen molar-refractivity contribution in [1.29, 1.82) is 0 Å². The van der Waals surface area contributed by atoms with Crippen LogP contribution in [0.2, 0.25) is 10.2 Å². The van der Waals surface area contributed by atoms with Gasteiger partial charge in [0.25, 0.3) is 10.0 Å². The minimum absolute atomic E-state index is 0.0476. The molecule has 0 aliphatic carbocycles. The number of rotatable bonds is 4. The molecule has 2 rings (SSSR count). The van der Waals surface area contributed by atoms with Crippen LogP contribution in [0.1, 0.15) is 0 Å². The van der Waals surface area contributed by atoms with Gasteiger partial charge in [0.05, 0.1) is 19.5 Å². The average Bonchev–Trinajstić information content (AvgIpc) is 2.40. The highest BCUT2D eigenvalue weighted by Crippen LogP contribution is 2.28. The molecular weight excluding hydrogens is 325 g/mol. The van der Waals surface area contributed by atoms with E-state index in [2.05, 4.69) is 14.7 Å².